The zero-order valence-corrected chi connectivity index (χ0v) is 13.5. The molecule has 0 bridgehead atoms. The van der Waals surface area contributed by atoms with Crippen LogP contribution >= 0.6 is 8.03 Å². The van der Waals surface area contributed by atoms with Gasteiger partial charge in [-0.15, -0.1) is 0 Å². The van der Waals surface area contributed by atoms with Crippen LogP contribution < -0.4 is 5.32 Å². The molecule has 0 saturated heterocycles. The van der Waals surface area contributed by atoms with Gasteiger partial charge in [-0.1, -0.05) is 0 Å². The normalized spacial score (nSPS) is 14.4. The molecule has 0 heterocycles. The van der Waals surface area contributed by atoms with E-state index in [1.807, 2.05) is 0 Å². The summed E-state index contributed by atoms with van der Waals surface area (Å²) in [6.07, 6.45) is -0.679. The average molecular weight is 359 g/mol. The largest absolute Gasteiger partial charge is 0.481 e. The monoisotopic (exact) mass is 359 g/mol. The first kappa shape index (κ1) is 19.7. The summed E-state index contributed by atoms with van der Waals surface area (Å²) in [5, 5.41) is 29.4. The van der Waals surface area contributed by atoms with Gasteiger partial charge in [0.2, 0.25) is 0 Å². The molecule has 3 atom stereocenters. The maximum Gasteiger partial charge on any atom is 0.335 e. The molecular formula is C14H18NO8P. The van der Waals surface area contributed by atoms with Crippen LogP contribution in [0.4, 0.5) is 5.69 Å². The molecule has 9 nitrogen and oxygen atoms in total. The smallest absolute Gasteiger partial charge is 0.335 e. The van der Waals surface area contributed by atoms with Crippen molar-refractivity contribution in [3.8, 4) is 0 Å². The van der Waals surface area contributed by atoms with Crippen LogP contribution in [0.15, 0.2) is 24.3 Å². The van der Waals surface area contributed by atoms with Gasteiger partial charge in [0.25, 0.3) is 0 Å². The summed E-state index contributed by atoms with van der Waals surface area (Å²) in [5.74, 6) is -4.89. The van der Waals surface area contributed by atoms with Crippen LogP contribution in [-0.2, 0) is 14.2 Å². The molecule has 0 aliphatic carbocycles. The number of nitrogens with one attached hydrogen (secondary N) is 1. The number of carbonyl (C=O) groups is 3. The molecule has 5 N–H and O–H groups in total. The lowest BCUT2D eigenvalue weighted by Crippen LogP contribution is -2.32. The summed E-state index contributed by atoms with van der Waals surface area (Å²) in [6, 6.07) is 5.56. The minimum atomic E-state index is -3.23. The van der Waals surface area contributed by atoms with Crippen molar-refractivity contribution in [3.63, 3.8) is 0 Å². The average Bonchev–Trinajstić information content (AvgIpc) is 2.49. The number of hydrogen-bond donors (Lipinski definition) is 5. The first-order valence-electron chi connectivity index (χ1n) is 6.97. The molecule has 0 amide bonds. The Kier molecular flexibility index (Phi) is 7.41. The maximum absolute atomic E-state index is 11.5. The van der Waals surface area contributed by atoms with E-state index in [-0.39, 0.29) is 18.5 Å². The van der Waals surface area contributed by atoms with Crippen molar-refractivity contribution >= 4 is 31.6 Å². The molecule has 0 fully saturated rings. The number of hydrogen-bond acceptors (Lipinski definition) is 5. The highest BCUT2D eigenvalue weighted by molar-refractivity contribution is 7.39. The third-order valence-electron chi connectivity index (χ3n) is 3.45. The Bertz CT molecular complexity index is 630. The molecule has 132 valence electrons. The topological polar surface area (TPSA) is 161 Å². The first-order chi connectivity index (χ1) is 11.2. The predicted molar refractivity (Wildman–Crippen MR) is 84.9 cm³/mol. The fourth-order valence-corrected chi connectivity index (χ4v) is 3.07. The summed E-state index contributed by atoms with van der Waals surface area (Å²) in [6.45, 7) is -0.155. The lowest BCUT2D eigenvalue weighted by Gasteiger charge is -2.22. The number of aliphatic carboxylic acids is 2. The quantitative estimate of drug-likeness (QED) is 0.386. The van der Waals surface area contributed by atoms with Crippen LogP contribution in [0, 0.1) is 5.92 Å². The molecule has 0 spiro atoms. The van der Waals surface area contributed by atoms with Crippen LogP contribution in [0.3, 0.4) is 0 Å². The Labute approximate surface area is 137 Å². The van der Waals surface area contributed by atoms with Gasteiger partial charge >= 0.3 is 17.9 Å². The van der Waals surface area contributed by atoms with Crippen LogP contribution in [0.1, 0.15) is 23.2 Å². The van der Waals surface area contributed by atoms with Gasteiger partial charge in [-0.05, 0) is 30.7 Å². The van der Waals surface area contributed by atoms with Gasteiger partial charge in [0.1, 0.15) is 0 Å². The number of rotatable bonds is 10. The lowest BCUT2D eigenvalue weighted by atomic mass is 9.99. The van der Waals surface area contributed by atoms with Crippen LogP contribution in [0.5, 0.6) is 0 Å². The van der Waals surface area contributed by atoms with Crippen molar-refractivity contribution < 1.29 is 39.2 Å². The van der Waals surface area contributed by atoms with E-state index >= 15 is 0 Å². The van der Waals surface area contributed by atoms with Gasteiger partial charge in [0.05, 0.1) is 17.1 Å². The van der Waals surface area contributed by atoms with Crippen molar-refractivity contribution in [2.45, 2.75) is 18.5 Å². The van der Waals surface area contributed by atoms with Crippen molar-refractivity contribution in [3.05, 3.63) is 29.8 Å². The third kappa shape index (κ3) is 6.02. The summed E-state index contributed by atoms with van der Waals surface area (Å²) < 4.78 is 11.5. The maximum atomic E-state index is 11.5. The molecular weight excluding hydrogens is 341 g/mol. The summed E-state index contributed by atoms with van der Waals surface area (Å²) in [5.41, 5.74) is -0.626. The summed E-state index contributed by atoms with van der Waals surface area (Å²) in [4.78, 5) is 42.0. The van der Waals surface area contributed by atoms with E-state index in [1.165, 1.54) is 24.3 Å². The van der Waals surface area contributed by atoms with E-state index in [4.69, 9.17) is 10.2 Å². The molecule has 0 aromatic heterocycles. The van der Waals surface area contributed by atoms with E-state index < -0.39 is 43.9 Å². The Balaban J connectivity index is 2.80. The van der Waals surface area contributed by atoms with Gasteiger partial charge in [0.15, 0.2) is 8.03 Å². The summed E-state index contributed by atoms with van der Waals surface area (Å²) in [7, 11) is -3.23. The lowest BCUT2D eigenvalue weighted by molar-refractivity contribution is -0.143. The van der Waals surface area contributed by atoms with E-state index in [0.29, 0.717) is 5.69 Å². The second-order valence-electron chi connectivity index (χ2n) is 5.09. The highest BCUT2D eigenvalue weighted by Crippen LogP contribution is 2.32. The van der Waals surface area contributed by atoms with Gasteiger partial charge in [-0.2, -0.15) is 0 Å². The van der Waals surface area contributed by atoms with E-state index in [1.54, 1.807) is 0 Å². The number of anilines is 1. The Hall–Kier alpha value is -2.38. The van der Waals surface area contributed by atoms with E-state index in [9.17, 15) is 28.9 Å². The molecule has 24 heavy (non-hydrogen) atoms. The Morgan fingerprint density at radius 3 is 2.08 bits per heavy atom. The Morgan fingerprint density at radius 2 is 1.67 bits per heavy atom. The molecule has 10 heteroatoms. The van der Waals surface area contributed by atoms with Gasteiger partial charge in [-0.3, -0.25) is 14.2 Å². The molecule has 0 radical (unpaired) electrons. The SMILES string of the molecule is O=C(O)CCC(C(=O)O)C(CNc1ccc(C(=O)O)cc1)[PH](=O)O. The number of benzene rings is 1. The summed E-state index contributed by atoms with van der Waals surface area (Å²) >= 11 is 0. The van der Waals surface area contributed by atoms with Crippen molar-refractivity contribution in [1.29, 1.82) is 0 Å². The molecule has 0 aliphatic rings. The molecule has 1 rings (SSSR count). The number of aromatic carboxylic acids is 1. The number of carboxylic acid groups (broad SMARTS) is 3. The molecule has 3 unspecified atom stereocenters. The van der Waals surface area contributed by atoms with Gasteiger partial charge in [0, 0.05) is 18.7 Å². The van der Waals surface area contributed by atoms with Gasteiger partial charge < -0.3 is 25.5 Å². The first-order valence-corrected chi connectivity index (χ1v) is 8.40. The second kappa shape index (κ2) is 9.05. The van der Waals surface area contributed by atoms with E-state index in [2.05, 4.69) is 5.32 Å². The fraction of sp³-hybridized carbons (Fsp3) is 0.357. The number of carboxylic acids is 3. The minimum absolute atomic E-state index is 0.0673. The highest BCUT2D eigenvalue weighted by atomic mass is 31.1. The Morgan fingerprint density at radius 1 is 1.08 bits per heavy atom. The van der Waals surface area contributed by atoms with Crippen LogP contribution in [0.25, 0.3) is 0 Å². The highest BCUT2D eigenvalue weighted by Gasteiger charge is 2.32. The fourth-order valence-electron chi connectivity index (χ4n) is 2.14. The van der Waals surface area contributed by atoms with Crippen LogP contribution in [-0.4, -0.2) is 50.3 Å². The van der Waals surface area contributed by atoms with Crippen molar-refractivity contribution in [2.24, 2.45) is 5.92 Å². The zero-order valence-electron chi connectivity index (χ0n) is 12.5. The third-order valence-corrected chi connectivity index (χ3v) is 4.69. The van der Waals surface area contributed by atoms with Crippen molar-refractivity contribution in [1.82, 2.24) is 0 Å². The van der Waals surface area contributed by atoms with E-state index in [0.717, 1.165) is 0 Å². The zero-order chi connectivity index (χ0) is 18.3. The van der Waals surface area contributed by atoms with Crippen LogP contribution in [0.2, 0.25) is 0 Å². The minimum Gasteiger partial charge on any atom is -0.481 e. The molecule has 1 aromatic rings. The molecule has 0 saturated carbocycles. The molecule has 0 aliphatic heterocycles. The van der Waals surface area contributed by atoms with Gasteiger partial charge in [-0.25, -0.2) is 4.79 Å². The van der Waals surface area contributed by atoms with Crippen molar-refractivity contribution in [2.75, 3.05) is 11.9 Å². The standard InChI is InChI=1S/C14H18NO8P/c16-12(17)6-5-10(14(20)21)11(24(22)23)7-15-9-3-1-8(2-4-9)13(18)19/h1-4,10-11,15,24H,5-7H2,(H,16,17)(H,18,19)(H,20,21)(H,22,23). The molecule has 1 aromatic carbocycles. The predicted octanol–water partition coefficient (Wildman–Crippen LogP) is 1.20. The second-order valence-corrected chi connectivity index (χ2v) is 6.50.